The molecular weight excluding hydrogens is 360 g/mol. The van der Waals surface area contributed by atoms with Gasteiger partial charge in [0.1, 0.15) is 4.88 Å². The molecule has 2 heterocycles. The molecule has 1 fully saturated rings. The van der Waals surface area contributed by atoms with Crippen LogP contribution in [0.4, 0.5) is 0 Å². The van der Waals surface area contributed by atoms with Gasteiger partial charge >= 0.3 is 5.97 Å². The van der Waals surface area contributed by atoms with Gasteiger partial charge in [-0.05, 0) is 62.4 Å². The average molecular weight is 383 g/mol. The summed E-state index contributed by atoms with van der Waals surface area (Å²) >= 11 is 1.30. The van der Waals surface area contributed by atoms with E-state index in [1.54, 1.807) is 31.2 Å². The summed E-state index contributed by atoms with van der Waals surface area (Å²) in [5.41, 5.74) is 0. The summed E-state index contributed by atoms with van der Waals surface area (Å²) in [7, 11) is -3.55. The average Bonchev–Trinajstić information content (AvgIpc) is 3.23. The van der Waals surface area contributed by atoms with Crippen LogP contribution in [-0.4, -0.2) is 40.1 Å². The van der Waals surface area contributed by atoms with E-state index in [0.29, 0.717) is 24.1 Å². The molecule has 0 aliphatic carbocycles. The predicted molar refractivity (Wildman–Crippen MR) is 98.6 cm³/mol. The highest BCUT2D eigenvalue weighted by molar-refractivity contribution is 7.89. The van der Waals surface area contributed by atoms with Gasteiger partial charge in [0.05, 0.1) is 11.5 Å². The molecule has 0 spiro atoms. The molecule has 0 radical (unpaired) electrons. The van der Waals surface area contributed by atoms with Crippen molar-refractivity contribution >= 4 is 37.4 Å². The summed E-state index contributed by atoms with van der Waals surface area (Å²) in [4.78, 5) is 12.5. The molecular formula is C17H22N2O4S2. The molecule has 6 nitrogen and oxygen atoms in total. The van der Waals surface area contributed by atoms with Crippen molar-refractivity contribution in [3.8, 4) is 0 Å². The van der Waals surface area contributed by atoms with E-state index in [-0.39, 0.29) is 10.9 Å². The monoisotopic (exact) mass is 382 g/mol. The highest BCUT2D eigenvalue weighted by Crippen LogP contribution is 2.28. The lowest BCUT2D eigenvalue weighted by atomic mass is 10.2. The SMILES string of the molecule is CCOC(=O)c1cc2cc(S(=O)(=O)NCC[C@H]3CCCN3)ccc2s1. The molecule has 25 heavy (non-hydrogen) atoms. The number of hydrogen-bond donors (Lipinski definition) is 2. The quantitative estimate of drug-likeness (QED) is 0.719. The molecule has 2 aromatic rings. The lowest BCUT2D eigenvalue weighted by molar-refractivity contribution is 0.0532. The van der Waals surface area contributed by atoms with Crippen LogP contribution >= 0.6 is 11.3 Å². The standard InChI is InChI=1S/C17H22N2O4S2/c1-2-23-17(20)16-11-12-10-14(5-6-15(12)24-16)25(21,22)19-9-7-13-4-3-8-18-13/h5-6,10-11,13,18-19H,2-4,7-9H2,1H3/t13-/m1/s1. The summed E-state index contributed by atoms with van der Waals surface area (Å²) in [6, 6.07) is 6.98. The second-order valence-electron chi connectivity index (χ2n) is 6.01. The first kappa shape index (κ1) is 18.3. The van der Waals surface area contributed by atoms with Crippen LogP contribution in [0.3, 0.4) is 0 Å². The Bertz CT molecular complexity index is 855. The minimum Gasteiger partial charge on any atom is -0.462 e. The highest BCUT2D eigenvalue weighted by atomic mass is 32.2. The van der Waals surface area contributed by atoms with Gasteiger partial charge in [-0.25, -0.2) is 17.9 Å². The molecule has 1 saturated heterocycles. The molecule has 0 amide bonds. The lowest BCUT2D eigenvalue weighted by Crippen LogP contribution is -2.30. The molecule has 0 bridgehead atoms. The highest BCUT2D eigenvalue weighted by Gasteiger charge is 2.18. The summed E-state index contributed by atoms with van der Waals surface area (Å²) < 4.78 is 33.5. The van der Waals surface area contributed by atoms with Crippen molar-refractivity contribution in [2.45, 2.75) is 37.1 Å². The van der Waals surface area contributed by atoms with Crippen molar-refractivity contribution in [2.24, 2.45) is 0 Å². The fourth-order valence-corrected chi connectivity index (χ4v) is 4.96. The molecule has 1 aliphatic heterocycles. The molecule has 3 rings (SSSR count). The number of benzene rings is 1. The zero-order chi connectivity index (χ0) is 17.9. The number of fused-ring (bicyclic) bond motifs is 1. The first-order valence-corrected chi connectivity index (χ1v) is 10.7. The minimum atomic E-state index is -3.55. The zero-order valence-electron chi connectivity index (χ0n) is 14.1. The number of rotatable bonds is 7. The fraction of sp³-hybridized carbons (Fsp3) is 0.471. The molecule has 136 valence electrons. The van der Waals surface area contributed by atoms with E-state index in [9.17, 15) is 13.2 Å². The third kappa shape index (κ3) is 4.38. The van der Waals surface area contributed by atoms with Gasteiger partial charge in [-0.15, -0.1) is 11.3 Å². The van der Waals surface area contributed by atoms with E-state index in [0.717, 1.165) is 35.9 Å². The van der Waals surface area contributed by atoms with E-state index in [4.69, 9.17) is 4.74 Å². The molecule has 0 unspecified atom stereocenters. The third-order valence-electron chi connectivity index (χ3n) is 4.22. The van der Waals surface area contributed by atoms with Gasteiger partial charge < -0.3 is 10.1 Å². The smallest absolute Gasteiger partial charge is 0.348 e. The second-order valence-corrected chi connectivity index (χ2v) is 8.86. The normalized spacial score (nSPS) is 17.9. The maximum atomic E-state index is 12.5. The minimum absolute atomic E-state index is 0.215. The Morgan fingerprint density at radius 3 is 2.96 bits per heavy atom. The molecule has 1 atom stereocenters. The Hall–Kier alpha value is -1.48. The first-order valence-electron chi connectivity index (χ1n) is 8.43. The molecule has 1 aromatic carbocycles. The Morgan fingerprint density at radius 2 is 2.24 bits per heavy atom. The fourth-order valence-electron chi connectivity index (χ4n) is 2.95. The topological polar surface area (TPSA) is 84.5 Å². The van der Waals surface area contributed by atoms with Crippen molar-refractivity contribution in [1.29, 1.82) is 0 Å². The van der Waals surface area contributed by atoms with Crippen molar-refractivity contribution in [3.63, 3.8) is 0 Å². The van der Waals surface area contributed by atoms with Gasteiger partial charge in [-0.2, -0.15) is 0 Å². The van der Waals surface area contributed by atoms with Crippen LogP contribution in [0, 0.1) is 0 Å². The van der Waals surface area contributed by atoms with Crippen molar-refractivity contribution < 1.29 is 17.9 Å². The second kappa shape index (κ2) is 7.82. The van der Waals surface area contributed by atoms with Crippen LogP contribution in [0.25, 0.3) is 10.1 Å². The van der Waals surface area contributed by atoms with Gasteiger partial charge in [0.2, 0.25) is 10.0 Å². The van der Waals surface area contributed by atoms with E-state index >= 15 is 0 Å². The predicted octanol–water partition coefficient (Wildman–Crippen LogP) is 2.50. The van der Waals surface area contributed by atoms with Crippen molar-refractivity contribution in [2.75, 3.05) is 19.7 Å². The number of hydrogen-bond acceptors (Lipinski definition) is 6. The number of sulfonamides is 1. The first-order chi connectivity index (χ1) is 12.0. The Labute approximate surface area is 151 Å². The van der Waals surface area contributed by atoms with Gasteiger partial charge in [0.15, 0.2) is 0 Å². The lowest BCUT2D eigenvalue weighted by Gasteiger charge is -2.11. The maximum Gasteiger partial charge on any atom is 0.348 e. The van der Waals surface area contributed by atoms with Gasteiger partial charge in [0, 0.05) is 17.3 Å². The van der Waals surface area contributed by atoms with Crippen molar-refractivity contribution in [1.82, 2.24) is 10.0 Å². The molecule has 1 aliphatic rings. The number of ether oxygens (including phenoxy) is 1. The van der Waals surface area contributed by atoms with E-state index in [1.165, 1.54) is 11.3 Å². The van der Waals surface area contributed by atoms with Gasteiger partial charge in [0.25, 0.3) is 0 Å². The van der Waals surface area contributed by atoms with Crippen LogP contribution < -0.4 is 10.0 Å². The summed E-state index contributed by atoms with van der Waals surface area (Å²) in [6.45, 7) is 3.49. The van der Waals surface area contributed by atoms with Crippen molar-refractivity contribution in [3.05, 3.63) is 29.1 Å². The summed E-state index contributed by atoms with van der Waals surface area (Å²) in [5, 5.41) is 4.08. The summed E-state index contributed by atoms with van der Waals surface area (Å²) in [5.74, 6) is -0.379. The van der Waals surface area contributed by atoms with Crippen LogP contribution in [0.15, 0.2) is 29.2 Å². The van der Waals surface area contributed by atoms with E-state index in [1.807, 2.05) is 0 Å². The van der Waals surface area contributed by atoms with Gasteiger partial charge in [-0.1, -0.05) is 0 Å². The van der Waals surface area contributed by atoms with E-state index in [2.05, 4.69) is 10.0 Å². The molecule has 8 heteroatoms. The van der Waals surface area contributed by atoms with Crippen LogP contribution in [0.5, 0.6) is 0 Å². The largest absolute Gasteiger partial charge is 0.462 e. The third-order valence-corrected chi connectivity index (χ3v) is 6.78. The van der Waals surface area contributed by atoms with E-state index < -0.39 is 10.0 Å². The number of esters is 1. The summed E-state index contributed by atoms with van der Waals surface area (Å²) in [6.07, 6.45) is 3.03. The zero-order valence-corrected chi connectivity index (χ0v) is 15.7. The van der Waals surface area contributed by atoms with Gasteiger partial charge in [-0.3, -0.25) is 0 Å². The molecule has 0 saturated carbocycles. The number of carbonyl (C=O) groups is 1. The maximum absolute atomic E-state index is 12.5. The Balaban J connectivity index is 1.71. The number of thiophene rings is 1. The Kier molecular flexibility index (Phi) is 5.73. The number of nitrogens with one attached hydrogen (secondary N) is 2. The van der Waals surface area contributed by atoms with Crippen LogP contribution in [0.2, 0.25) is 0 Å². The van der Waals surface area contributed by atoms with Crippen LogP contribution in [0.1, 0.15) is 35.9 Å². The molecule has 2 N–H and O–H groups in total. The molecule has 1 aromatic heterocycles. The number of carbonyl (C=O) groups excluding carboxylic acids is 1. The van der Waals surface area contributed by atoms with Crippen LogP contribution in [-0.2, 0) is 14.8 Å². The Morgan fingerprint density at radius 1 is 1.40 bits per heavy atom.